The van der Waals surface area contributed by atoms with Gasteiger partial charge in [-0.3, -0.25) is 0 Å². The average molecular weight is 360 g/mol. The lowest BCUT2D eigenvalue weighted by atomic mass is 10.1. The molecule has 3 aromatic carbocycles. The summed E-state index contributed by atoms with van der Waals surface area (Å²) >= 11 is 0. The van der Waals surface area contributed by atoms with Crippen molar-refractivity contribution in [3.8, 4) is 5.75 Å². The SMILES string of the molecule is CC(Cc1ccccc1OCc1ccccc1)NCCCc1ccccc1. The Balaban J connectivity index is 1.45. The number of hydrogen-bond acceptors (Lipinski definition) is 2. The molecule has 140 valence electrons. The van der Waals surface area contributed by atoms with Gasteiger partial charge in [0.25, 0.3) is 0 Å². The Kier molecular flexibility index (Phi) is 7.49. The zero-order valence-corrected chi connectivity index (χ0v) is 16.1. The van der Waals surface area contributed by atoms with Crippen molar-refractivity contribution in [1.29, 1.82) is 0 Å². The van der Waals surface area contributed by atoms with E-state index in [4.69, 9.17) is 4.74 Å². The summed E-state index contributed by atoms with van der Waals surface area (Å²) in [5, 5.41) is 3.65. The third kappa shape index (κ3) is 6.58. The van der Waals surface area contributed by atoms with Crippen molar-refractivity contribution in [3.05, 3.63) is 102 Å². The van der Waals surface area contributed by atoms with E-state index in [1.807, 2.05) is 24.3 Å². The topological polar surface area (TPSA) is 21.3 Å². The van der Waals surface area contributed by atoms with E-state index in [0.29, 0.717) is 12.6 Å². The van der Waals surface area contributed by atoms with Crippen molar-refractivity contribution in [2.24, 2.45) is 0 Å². The van der Waals surface area contributed by atoms with Crippen LogP contribution in [0.4, 0.5) is 0 Å². The van der Waals surface area contributed by atoms with E-state index in [2.05, 4.69) is 72.9 Å². The molecule has 0 saturated carbocycles. The summed E-state index contributed by atoms with van der Waals surface area (Å²) in [6.07, 6.45) is 3.24. The molecule has 3 rings (SSSR count). The van der Waals surface area contributed by atoms with Crippen LogP contribution in [0.3, 0.4) is 0 Å². The highest BCUT2D eigenvalue weighted by Gasteiger charge is 2.08. The van der Waals surface area contributed by atoms with Crippen molar-refractivity contribution in [3.63, 3.8) is 0 Å². The maximum atomic E-state index is 6.08. The molecule has 27 heavy (non-hydrogen) atoms. The zero-order valence-electron chi connectivity index (χ0n) is 16.1. The normalized spacial score (nSPS) is 11.9. The molecule has 3 aromatic rings. The molecule has 2 heteroatoms. The number of hydrogen-bond donors (Lipinski definition) is 1. The maximum Gasteiger partial charge on any atom is 0.123 e. The number of rotatable bonds is 10. The highest BCUT2D eigenvalue weighted by molar-refractivity contribution is 5.34. The fourth-order valence-corrected chi connectivity index (χ4v) is 3.24. The smallest absolute Gasteiger partial charge is 0.123 e. The van der Waals surface area contributed by atoms with Crippen LogP contribution in [0.2, 0.25) is 0 Å². The fourth-order valence-electron chi connectivity index (χ4n) is 3.24. The van der Waals surface area contributed by atoms with E-state index < -0.39 is 0 Å². The molecule has 0 fully saturated rings. The van der Waals surface area contributed by atoms with Crippen LogP contribution < -0.4 is 10.1 Å². The first-order chi connectivity index (χ1) is 13.3. The summed E-state index contributed by atoms with van der Waals surface area (Å²) in [6.45, 7) is 3.89. The quantitative estimate of drug-likeness (QED) is 0.488. The third-order valence-electron chi connectivity index (χ3n) is 4.71. The van der Waals surface area contributed by atoms with Crippen molar-refractivity contribution in [1.82, 2.24) is 5.32 Å². The summed E-state index contributed by atoms with van der Waals surface area (Å²) in [4.78, 5) is 0. The average Bonchev–Trinajstić information content (AvgIpc) is 2.72. The molecule has 0 amide bonds. The monoisotopic (exact) mass is 359 g/mol. The molecule has 0 saturated heterocycles. The van der Waals surface area contributed by atoms with Crippen LogP contribution >= 0.6 is 0 Å². The number of benzene rings is 3. The maximum absolute atomic E-state index is 6.08. The van der Waals surface area contributed by atoms with E-state index >= 15 is 0 Å². The van der Waals surface area contributed by atoms with Gasteiger partial charge < -0.3 is 10.1 Å². The molecule has 1 atom stereocenters. The van der Waals surface area contributed by atoms with Gasteiger partial charge in [-0.1, -0.05) is 78.9 Å². The lowest BCUT2D eigenvalue weighted by Gasteiger charge is -2.17. The van der Waals surface area contributed by atoms with Crippen LogP contribution in [0.5, 0.6) is 5.75 Å². The van der Waals surface area contributed by atoms with E-state index in [9.17, 15) is 0 Å². The Bertz CT molecular complexity index is 786. The second kappa shape index (κ2) is 10.5. The largest absolute Gasteiger partial charge is 0.489 e. The summed E-state index contributed by atoms with van der Waals surface area (Å²) in [7, 11) is 0. The van der Waals surface area contributed by atoms with Crippen LogP contribution in [0.15, 0.2) is 84.9 Å². The molecule has 0 radical (unpaired) electrons. The Morgan fingerprint density at radius 1 is 0.778 bits per heavy atom. The first-order valence-electron chi connectivity index (χ1n) is 9.83. The lowest BCUT2D eigenvalue weighted by Crippen LogP contribution is -2.29. The van der Waals surface area contributed by atoms with Crippen molar-refractivity contribution < 1.29 is 4.74 Å². The minimum atomic E-state index is 0.419. The minimum absolute atomic E-state index is 0.419. The first kappa shape index (κ1) is 19.2. The van der Waals surface area contributed by atoms with Crippen molar-refractivity contribution in [2.75, 3.05) is 6.54 Å². The summed E-state index contributed by atoms with van der Waals surface area (Å²) in [5.74, 6) is 0.985. The number of aryl methyl sites for hydroxylation is 1. The molecule has 0 aliphatic carbocycles. The predicted octanol–water partition coefficient (Wildman–Crippen LogP) is 5.42. The van der Waals surface area contributed by atoms with E-state index in [-0.39, 0.29) is 0 Å². The van der Waals surface area contributed by atoms with Crippen molar-refractivity contribution >= 4 is 0 Å². The summed E-state index contributed by atoms with van der Waals surface area (Å²) < 4.78 is 6.08. The molecule has 1 N–H and O–H groups in total. The van der Waals surface area contributed by atoms with Crippen LogP contribution in [-0.2, 0) is 19.4 Å². The summed E-state index contributed by atoms with van der Waals surface area (Å²) in [6, 6.07) is 29.8. The minimum Gasteiger partial charge on any atom is -0.489 e. The molecule has 2 nitrogen and oxygen atoms in total. The Hall–Kier alpha value is -2.58. The van der Waals surface area contributed by atoms with Crippen LogP contribution in [-0.4, -0.2) is 12.6 Å². The predicted molar refractivity (Wildman–Crippen MR) is 113 cm³/mol. The van der Waals surface area contributed by atoms with E-state index in [1.54, 1.807) is 0 Å². The standard InChI is InChI=1S/C25H29NO/c1-21(26-18-10-15-22-11-4-2-5-12-22)19-24-16-8-9-17-25(24)27-20-23-13-6-3-7-14-23/h2-9,11-14,16-17,21,26H,10,15,18-20H2,1H3. The van der Waals surface area contributed by atoms with Gasteiger partial charge in [-0.25, -0.2) is 0 Å². The number of ether oxygens (including phenoxy) is 1. The molecule has 0 aliphatic heterocycles. The Labute approximate surface area is 163 Å². The second-order valence-electron chi connectivity index (χ2n) is 7.03. The fraction of sp³-hybridized carbons (Fsp3) is 0.280. The van der Waals surface area contributed by atoms with E-state index in [1.165, 1.54) is 16.7 Å². The first-order valence-corrected chi connectivity index (χ1v) is 9.83. The van der Waals surface area contributed by atoms with Crippen LogP contribution in [0.25, 0.3) is 0 Å². The molecule has 1 unspecified atom stereocenters. The van der Waals surface area contributed by atoms with Gasteiger partial charge in [-0.15, -0.1) is 0 Å². The Morgan fingerprint density at radius 3 is 2.15 bits per heavy atom. The van der Waals surface area contributed by atoms with Gasteiger partial charge in [-0.2, -0.15) is 0 Å². The van der Waals surface area contributed by atoms with Gasteiger partial charge in [0.2, 0.25) is 0 Å². The molecule has 0 spiro atoms. The number of nitrogens with one attached hydrogen (secondary N) is 1. The molecule has 0 heterocycles. The van der Waals surface area contributed by atoms with Gasteiger partial charge in [0.05, 0.1) is 0 Å². The summed E-state index contributed by atoms with van der Waals surface area (Å²) in [5.41, 5.74) is 3.86. The molecular weight excluding hydrogens is 330 g/mol. The van der Waals surface area contributed by atoms with Crippen LogP contribution in [0, 0.1) is 0 Å². The van der Waals surface area contributed by atoms with Crippen LogP contribution in [0.1, 0.15) is 30.0 Å². The van der Waals surface area contributed by atoms with Crippen molar-refractivity contribution in [2.45, 2.75) is 38.8 Å². The number of para-hydroxylation sites is 1. The third-order valence-corrected chi connectivity index (χ3v) is 4.71. The second-order valence-corrected chi connectivity index (χ2v) is 7.03. The molecule has 0 aromatic heterocycles. The zero-order chi connectivity index (χ0) is 18.7. The molecule has 0 aliphatic rings. The molecule has 0 bridgehead atoms. The van der Waals surface area contributed by atoms with E-state index in [0.717, 1.165) is 31.6 Å². The molecular formula is C25H29NO. The Morgan fingerprint density at radius 2 is 1.41 bits per heavy atom. The van der Waals surface area contributed by atoms with Gasteiger partial charge in [0, 0.05) is 6.04 Å². The van der Waals surface area contributed by atoms with Gasteiger partial charge in [0.15, 0.2) is 0 Å². The van der Waals surface area contributed by atoms with Gasteiger partial charge >= 0.3 is 0 Å². The lowest BCUT2D eigenvalue weighted by molar-refractivity contribution is 0.302. The van der Waals surface area contributed by atoms with Gasteiger partial charge in [0.1, 0.15) is 12.4 Å². The highest BCUT2D eigenvalue weighted by atomic mass is 16.5. The highest BCUT2D eigenvalue weighted by Crippen LogP contribution is 2.21. The van der Waals surface area contributed by atoms with Gasteiger partial charge in [-0.05, 0) is 55.5 Å².